The van der Waals surface area contributed by atoms with E-state index in [0.29, 0.717) is 86.9 Å². The molecule has 290 valence electrons. The largest absolute Gasteiger partial charge is 0.485 e. The number of alkyl halides is 3. The van der Waals surface area contributed by atoms with Gasteiger partial charge in [0.1, 0.15) is 19.5 Å². The van der Waals surface area contributed by atoms with Crippen LogP contribution in [0.25, 0.3) is 11.4 Å². The molecule has 8 rings (SSSR count). The number of rotatable bonds is 8. The van der Waals surface area contributed by atoms with E-state index in [4.69, 9.17) is 14.5 Å². The number of anilines is 1. The van der Waals surface area contributed by atoms with E-state index in [0.717, 1.165) is 23.3 Å². The quantitative estimate of drug-likeness (QED) is 0.218. The molecule has 2 aliphatic heterocycles. The Kier molecular flexibility index (Phi) is 9.68. The summed E-state index contributed by atoms with van der Waals surface area (Å²) >= 11 is 0. The molecule has 16 heteroatoms. The third-order valence-corrected chi connectivity index (χ3v) is 11.0. The fourth-order valence-electron chi connectivity index (χ4n) is 8.03. The fraction of sp³-hybridized carbons (Fsp3) is 0.375. The van der Waals surface area contributed by atoms with E-state index in [1.807, 2.05) is 36.4 Å². The van der Waals surface area contributed by atoms with Crippen molar-refractivity contribution in [2.75, 3.05) is 31.6 Å². The van der Waals surface area contributed by atoms with Crippen LogP contribution in [0.15, 0.2) is 65.7 Å². The summed E-state index contributed by atoms with van der Waals surface area (Å²) in [7, 11) is 0. The van der Waals surface area contributed by atoms with E-state index in [1.165, 1.54) is 23.8 Å². The standard InChI is InChI=1S/C40H39F3N8O5/c1-24-20-28(40(41,42)43)8-9-29(24)46-31(52)21-50-30-10-13-39(32(30)36(53)51-38(50)47-35(48-51)27-11-18-55-19-12-27)14-16-49(17-15-39)37(54)33-34(25(2)44-23-45-33)56-22-26-6-4-3-5-7-26/h3-9,11,20,23H,10,12-19,21-22H2,1-2H3,(H,46,52). The second-order valence-corrected chi connectivity index (χ2v) is 14.5. The molecule has 1 aliphatic carbocycles. The third kappa shape index (κ3) is 6.93. The van der Waals surface area contributed by atoms with Gasteiger partial charge in [0.05, 0.1) is 24.5 Å². The van der Waals surface area contributed by atoms with Crippen molar-refractivity contribution in [3.8, 4) is 5.75 Å². The lowest BCUT2D eigenvalue weighted by molar-refractivity contribution is -0.137. The molecule has 1 N–H and O–H groups in total. The number of carbonyl (C=O) groups is 2. The first-order chi connectivity index (χ1) is 26.9. The summed E-state index contributed by atoms with van der Waals surface area (Å²) < 4.78 is 54.5. The van der Waals surface area contributed by atoms with E-state index in [2.05, 4.69) is 20.4 Å². The summed E-state index contributed by atoms with van der Waals surface area (Å²) in [5, 5.41) is 7.40. The molecule has 0 saturated carbocycles. The first-order valence-corrected chi connectivity index (χ1v) is 18.5. The van der Waals surface area contributed by atoms with Crippen LogP contribution in [0.1, 0.15) is 75.6 Å². The van der Waals surface area contributed by atoms with Crippen LogP contribution >= 0.6 is 0 Å². The Morgan fingerprint density at radius 3 is 2.52 bits per heavy atom. The zero-order valence-corrected chi connectivity index (χ0v) is 30.9. The predicted molar refractivity (Wildman–Crippen MR) is 198 cm³/mol. The Morgan fingerprint density at radius 1 is 1.02 bits per heavy atom. The van der Waals surface area contributed by atoms with Gasteiger partial charge in [0.15, 0.2) is 17.3 Å². The smallest absolute Gasteiger partial charge is 0.416 e. The Morgan fingerprint density at radius 2 is 1.80 bits per heavy atom. The van der Waals surface area contributed by atoms with Crippen molar-refractivity contribution in [2.45, 2.75) is 70.7 Å². The summed E-state index contributed by atoms with van der Waals surface area (Å²) in [5.74, 6) is 0.0936. The lowest BCUT2D eigenvalue weighted by atomic mass is 9.74. The van der Waals surface area contributed by atoms with Crippen LogP contribution in [0.4, 0.5) is 18.9 Å². The maximum atomic E-state index is 14.5. The number of ether oxygens (including phenoxy) is 2. The average molecular weight is 769 g/mol. The minimum atomic E-state index is -4.52. The number of amides is 2. The zero-order chi connectivity index (χ0) is 39.2. The number of aryl methyl sites for hydroxylation is 2. The Balaban J connectivity index is 1.09. The van der Waals surface area contributed by atoms with Gasteiger partial charge in [-0.25, -0.2) is 9.97 Å². The van der Waals surface area contributed by atoms with E-state index < -0.39 is 23.1 Å². The van der Waals surface area contributed by atoms with Gasteiger partial charge in [0, 0.05) is 35.4 Å². The molecular weight excluding hydrogens is 729 g/mol. The van der Waals surface area contributed by atoms with Gasteiger partial charge in [0.2, 0.25) is 11.7 Å². The van der Waals surface area contributed by atoms with Gasteiger partial charge in [-0.2, -0.15) is 22.7 Å². The van der Waals surface area contributed by atoms with E-state index >= 15 is 0 Å². The average Bonchev–Trinajstić information content (AvgIpc) is 3.81. The number of likely N-dealkylation sites (tertiary alicyclic amines) is 1. The number of halogens is 3. The highest BCUT2D eigenvalue weighted by molar-refractivity contribution is 5.95. The van der Waals surface area contributed by atoms with Gasteiger partial charge >= 0.3 is 6.18 Å². The fourth-order valence-corrected chi connectivity index (χ4v) is 8.03. The Bertz CT molecular complexity index is 2430. The highest BCUT2D eigenvalue weighted by Gasteiger charge is 2.46. The van der Waals surface area contributed by atoms with Crippen LogP contribution < -0.4 is 15.6 Å². The van der Waals surface area contributed by atoms with Crippen molar-refractivity contribution in [3.63, 3.8) is 0 Å². The van der Waals surface area contributed by atoms with Crippen molar-refractivity contribution in [1.29, 1.82) is 0 Å². The number of hydrogen-bond acceptors (Lipinski definition) is 9. The van der Waals surface area contributed by atoms with Gasteiger partial charge < -0.3 is 24.3 Å². The molecule has 1 spiro atoms. The number of nitrogens with zero attached hydrogens (tertiary/aromatic N) is 7. The van der Waals surface area contributed by atoms with Crippen molar-refractivity contribution in [3.05, 3.63) is 116 Å². The van der Waals surface area contributed by atoms with Crippen LogP contribution in [-0.2, 0) is 40.7 Å². The topological polar surface area (TPSA) is 146 Å². The van der Waals surface area contributed by atoms with Gasteiger partial charge in [0.25, 0.3) is 11.5 Å². The van der Waals surface area contributed by atoms with Crippen molar-refractivity contribution in [2.24, 2.45) is 0 Å². The summed E-state index contributed by atoms with van der Waals surface area (Å²) in [6.07, 6.45) is 1.30. The second kappa shape index (κ2) is 14.6. The zero-order valence-electron chi connectivity index (χ0n) is 30.9. The Hall–Kier alpha value is -5.90. The van der Waals surface area contributed by atoms with Crippen LogP contribution in [0, 0.1) is 13.8 Å². The van der Waals surface area contributed by atoms with Crippen molar-refractivity contribution in [1.82, 2.24) is 34.0 Å². The normalized spacial score (nSPS) is 16.5. The molecule has 1 fully saturated rings. The molecule has 0 unspecified atom stereocenters. The maximum Gasteiger partial charge on any atom is 0.416 e. The number of hydrogen-bond donors (Lipinski definition) is 1. The van der Waals surface area contributed by atoms with Crippen molar-refractivity contribution >= 4 is 28.9 Å². The summed E-state index contributed by atoms with van der Waals surface area (Å²) in [4.78, 5) is 57.2. The number of nitrogens with one attached hydrogen (secondary N) is 1. The lowest BCUT2D eigenvalue weighted by Gasteiger charge is -2.39. The lowest BCUT2D eigenvalue weighted by Crippen LogP contribution is -2.47. The highest BCUT2D eigenvalue weighted by atomic mass is 19.4. The summed E-state index contributed by atoms with van der Waals surface area (Å²) in [6.45, 7) is 4.81. The minimum absolute atomic E-state index is 0.173. The minimum Gasteiger partial charge on any atom is -0.485 e. The molecule has 56 heavy (non-hydrogen) atoms. The van der Waals surface area contributed by atoms with Gasteiger partial charge in [-0.05, 0) is 80.9 Å². The second-order valence-electron chi connectivity index (χ2n) is 14.5. The number of carbonyl (C=O) groups excluding carboxylic acids is 2. The molecule has 0 radical (unpaired) electrons. The highest BCUT2D eigenvalue weighted by Crippen LogP contribution is 2.45. The first kappa shape index (κ1) is 37.0. The summed E-state index contributed by atoms with van der Waals surface area (Å²) in [5.41, 5.74) is 2.44. The molecule has 0 bridgehead atoms. The van der Waals surface area contributed by atoms with E-state index in [9.17, 15) is 27.6 Å². The van der Waals surface area contributed by atoms with Gasteiger partial charge in [-0.15, -0.1) is 5.10 Å². The SMILES string of the molecule is Cc1cc(C(F)(F)F)ccc1NC(=O)Cn1c2c(c(=O)n3nc(C4=CCOCC4)nc13)C1(CC2)CCN(C(=O)c2ncnc(C)c2OCc2ccccc2)CC1. The van der Waals surface area contributed by atoms with Crippen LogP contribution in [-0.4, -0.2) is 72.2 Å². The molecule has 1 saturated heterocycles. The molecule has 13 nitrogen and oxygen atoms in total. The molecule has 3 aromatic heterocycles. The number of piperidine rings is 1. The molecular formula is C40H39F3N8O5. The van der Waals surface area contributed by atoms with E-state index in [1.54, 1.807) is 16.4 Å². The molecule has 5 heterocycles. The van der Waals surface area contributed by atoms with E-state index in [-0.39, 0.29) is 47.3 Å². The van der Waals surface area contributed by atoms with Crippen LogP contribution in [0.2, 0.25) is 0 Å². The Labute approximate surface area is 319 Å². The van der Waals surface area contributed by atoms with Crippen LogP contribution in [0.5, 0.6) is 5.75 Å². The monoisotopic (exact) mass is 768 g/mol. The number of fused-ring (bicyclic) bond motifs is 3. The number of aromatic nitrogens is 6. The summed E-state index contributed by atoms with van der Waals surface area (Å²) in [6, 6.07) is 12.7. The van der Waals surface area contributed by atoms with Crippen molar-refractivity contribution < 1.29 is 32.2 Å². The van der Waals surface area contributed by atoms with Gasteiger partial charge in [-0.1, -0.05) is 36.4 Å². The maximum absolute atomic E-state index is 14.5. The first-order valence-electron chi connectivity index (χ1n) is 18.5. The predicted octanol–water partition coefficient (Wildman–Crippen LogP) is 5.46. The molecule has 5 aromatic rings. The molecule has 2 amide bonds. The molecule has 2 aromatic carbocycles. The third-order valence-electron chi connectivity index (χ3n) is 11.0. The van der Waals surface area contributed by atoms with Gasteiger partial charge in [-0.3, -0.25) is 14.4 Å². The molecule has 3 aliphatic rings. The molecule has 0 atom stereocenters. The van der Waals surface area contributed by atoms with Crippen LogP contribution in [0.3, 0.4) is 0 Å². The number of benzene rings is 2.